The van der Waals surface area contributed by atoms with Gasteiger partial charge in [-0.05, 0) is 54.1 Å². The average Bonchev–Trinajstić information content (AvgIpc) is 2.79. The van der Waals surface area contributed by atoms with Gasteiger partial charge in [-0.3, -0.25) is 4.99 Å². The number of hydrogen-bond acceptors (Lipinski definition) is 3. The van der Waals surface area contributed by atoms with Crippen LogP contribution in [0.15, 0.2) is 114 Å². The highest BCUT2D eigenvalue weighted by molar-refractivity contribution is 5.85. The maximum atomic E-state index is 6.00. The van der Waals surface area contributed by atoms with E-state index in [1.807, 2.05) is 103 Å². The Morgan fingerprint density at radius 2 is 1.28 bits per heavy atom. The molecule has 0 aliphatic rings. The molecule has 4 rings (SSSR count). The Labute approximate surface area is 171 Å². The topological polar surface area (TPSA) is 33.6 Å². The molecule has 0 amide bonds. The minimum absolute atomic E-state index is 0.533. The van der Waals surface area contributed by atoms with Gasteiger partial charge in [-0.1, -0.05) is 60.7 Å². The van der Waals surface area contributed by atoms with Crippen LogP contribution in [-0.4, -0.2) is 6.21 Å². The van der Waals surface area contributed by atoms with Gasteiger partial charge in [-0.15, -0.1) is 0 Å². The molecule has 3 nitrogen and oxygen atoms in total. The van der Waals surface area contributed by atoms with Gasteiger partial charge in [0.25, 0.3) is 0 Å². The number of benzene rings is 4. The number of hydrogen-bond donors (Lipinski definition) is 1. The molecule has 0 bridgehead atoms. The third kappa shape index (κ3) is 5.33. The molecule has 0 fully saturated rings. The molecule has 0 saturated heterocycles. The number of nitrogens with one attached hydrogen (secondary N) is 1. The lowest BCUT2D eigenvalue weighted by atomic mass is 10.2. The summed E-state index contributed by atoms with van der Waals surface area (Å²) in [6.07, 6.45) is 1.85. The van der Waals surface area contributed by atoms with Crippen molar-refractivity contribution in [3.8, 4) is 5.75 Å². The van der Waals surface area contributed by atoms with Gasteiger partial charge in [0, 0.05) is 23.2 Å². The molecule has 0 atom stereocenters. The van der Waals surface area contributed by atoms with Crippen LogP contribution in [0.4, 0.5) is 17.1 Å². The Morgan fingerprint density at radius 1 is 0.655 bits per heavy atom. The molecular formula is C26H22N2O. The van der Waals surface area contributed by atoms with E-state index in [0.717, 1.165) is 33.9 Å². The molecule has 1 N–H and O–H groups in total. The van der Waals surface area contributed by atoms with Gasteiger partial charge < -0.3 is 10.1 Å². The average molecular weight is 378 g/mol. The second-order valence-corrected chi connectivity index (χ2v) is 6.61. The lowest BCUT2D eigenvalue weighted by Crippen LogP contribution is -1.98. The fraction of sp³-hybridized carbons (Fsp3) is 0.0385. The van der Waals surface area contributed by atoms with E-state index < -0.39 is 0 Å². The Hall–Kier alpha value is -3.85. The predicted octanol–water partition coefficient (Wildman–Crippen LogP) is 6.76. The molecule has 142 valence electrons. The maximum absolute atomic E-state index is 6.00. The van der Waals surface area contributed by atoms with E-state index in [1.54, 1.807) is 0 Å². The molecule has 4 aromatic carbocycles. The second kappa shape index (κ2) is 9.38. The van der Waals surface area contributed by atoms with Crippen LogP contribution in [0.5, 0.6) is 5.75 Å². The van der Waals surface area contributed by atoms with Crippen molar-refractivity contribution < 1.29 is 4.74 Å². The van der Waals surface area contributed by atoms with Crippen LogP contribution in [0, 0.1) is 0 Å². The molecule has 0 heterocycles. The molecule has 0 aliphatic heterocycles. The first-order valence-corrected chi connectivity index (χ1v) is 9.59. The van der Waals surface area contributed by atoms with E-state index >= 15 is 0 Å². The van der Waals surface area contributed by atoms with Crippen LogP contribution in [0.25, 0.3) is 0 Å². The van der Waals surface area contributed by atoms with Gasteiger partial charge in [0.05, 0.1) is 5.69 Å². The summed E-state index contributed by atoms with van der Waals surface area (Å²) in [6.45, 7) is 0.533. The van der Waals surface area contributed by atoms with E-state index in [-0.39, 0.29) is 0 Å². The summed E-state index contributed by atoms with van der Waals surface area (Å²) >= 11 is 0. The van der Waals surface area contributed by atoms with Crippen molar-refractivity contribution in [2.45, 2.75) is 6.61 Å². The first kappa shape index (κ1) is 18.5. The summed E-state index contributed by atoms with van der Waals surface area (Å²) in [6, 6.07) is 36.2. The zero-order chi connectivity index (χ0) is 19.7. The smallest absolute Gasteiger partial charge is 0.128 e. The van der Waals surface area contributed by atoms with Gasteiger partial charge in [0.1, 0.15) is 12.4 Å². The van der Waals surface area contributed by atoms with E-state index in [0.29, 0.717) is 6.61 Å². The summed E-state index contributed by atoms with van der Waals surface area (Å²) in [5, 5.41) is 3.37. The first-order chi connectivity index (χ1) is 14.4. The molecule has 29 heavy (non-hydrogen) atoms. The summed E-state index contributed by atoms with van der Waals surface area (Å²) < 4.78 is 6.00. The highest BCUT2D eigenvalue weighted by Crippen LogP contribution is 2.22. The summed E-state index contributed by atoms with van der Waals surface area (Å²) in [5.41, 5.74) is 5.08. The molecule has 0 radical (unpaired) electrons. The van der Waals surface area contributed by atoms with Crippen molar-refractivity contribution in [2.24, 2.45) is 4.99 Å². The van der Waals surface area contributed by atoms with E-state index in [1.165, 1.54) is 0 Å². The van der Waals surface area contributed by atoms with Crippen LogP contribution < -0.4 is 10.1 Å². The second-order valence-electron chi connectivity index (χ2n) is 6.61. The normalized spacial score (nSPS) is 10.8. The summed E-state index contributed by atoms with van der Waals surface area (Å²) in [4.78, 5) is 4.61. The van der Waals surface area contributed by atoms with E-state index in [9.17, 15) is 0 Å². The number of ether oxygens (including phenoxy) is 1. The zero-order valence-electron chi connectivity index (χ0n) is 16.0. The molecule has 4 aromatic rings. The molecular weight excluding hydrogens is 356 g/mol. The van der Waals surface area contributed by atoms with Crippen molar-refractivity contribution in [1.29, 1.82) is 0 Å². The lowest BCUT2D eigenvalue weighted by Gasteiger charge is -2.09. The van der Waals surface area contributed by atoms with Crippen LogP contribution in [0.2, 0.25) is 0 Å². The van der Waals surface area contributed by atoms with Gasteiger partial charge in [-0.25, -0.2) is 0 Å². The molecule has 0 aliphatic carbocycles. The van der Waals surface area contributed by atoms with Crippen molar-refractivity contribution in [3.05, 3.63) is 120 Å². The highest BCUT2D eigenvalue weighted by Gasteiger charge is 2.01. The Balaban J connectivity index is 1.42. The van der Waals surface area contributed by atoms with Crippen LogP contribution in [0.3, 0.4) is 0 Å². The standard InChI is InChI=1S/C26H22N2O/c1-3-9-21(10-4-1)20-29-26-14-8-7-11-22(26)19-27-23-15-17-25(18-16-23)28-24-12-5-2-6-13-24/h1-19,28H,20H2. The Bertz CT molecular complexity index is 1060. The highest BCUT2D eigenvalue weighted by atomic mass is 16.5. The predicted molar refractivity (Wildman–Crippen MR) is 121 cm³/mol. The lowest BCUT2D eigenvalue weighted by molar-refractivity contribution is 0.306. The van der Waals surface area contributed by atoms with Gasteiger partial charge in [0.2, 0.25) is 0 Å². The first-order valence-electron chi connectivity index (χ1n) is 9.59. The van der Waals surface area contributed by atoms with Gasteiger partial charge >= 0.3 is 0 Å². The van der Waals surface area contributed by atoms with Crippen molar-refractivity contribution >= 4 is 23.3 Å². The fourth-order valence-corrected chi connectivity index (χ4v) is 2.92. The maximum Gasteiger partial charge on any atom is 0.128 e. The number of nitrogens with zero attached hydrogens (tertiary/aromatic N) is 1. The minimum atomic E-state index is 0.533. The number of para-hydroxylation sites is 2. The van der Waals surface area contributed by atoms with Gasteiger partial charge in [0.15, 0.2) is 0 Å². The fourth-order valence-electron chi connectivity index (χ4n) is 2.92. The monoisotopic (exact) mass is 378 g/mol. The number of aliphatic imine (C=N–C) groups is 1. The quantitative estimate of drug-likeness (QED) is 0.360. The van der Waals surface area contributed by atoms with Crippen molar-refractivity contribution in [2.75, 3.05) is 5.32 Å². The van der Waals surface area contributed by atoms with Crippen molar-refractivity contribution in [3.63, 3.8) is 0 Å². The van der Waals surface area contributed by atoms with Crippen LogP contribution in [0.1, 0.15) is 11.1 Å². The minimum Gasteiger partial charge on any atom is -0.488 e. The van der Waals surface area contributed by atoms with E-state index in [2.05, 4.69) is 22.4 Å². The zero-order valence-corrected chi connectivity index (χ0v) is 16.0. The molecule has 0 saturated carbocycles. The van der Waals surface area contributed by atoms with Crippen molar-refractivity contribution in [1.82, 2.24) is 0 Å². The van der Waals surface area contributed by atoms with E-state index in [4.69, 9.17) is 4.74 Å². The summed E-state index contributed by atoms with van der Waals surface area (Å²) in [5.74, 6) is 0.822. The molecule has 0 aromatic heterocycles. The van der Waals surface area contributed by atoms with Crippen LogP contribution >= 0.6 is 0 Å². The largest absolute Gasteiger partial charge is 0.488 e. The SMILES string of the molecule is C(=Nc1ccc(Nc2ccccc2)cc1)c1ccccc1OCc1ccccc1. The molecule has 3 heteroatoms. The molecule has 0 unspecified atom stereocenters. The van der Waals surface area contributed by atoms with Gasteiger partial charge in [-0.2, -0.15) is 0 Å². The Kier molecular flexibility index (Phi) is 5.99. The Morgan fingerprint density at radius 3 is 2.03 bits per heavy atom. The van der Waals surface area contributed by atoms with Crippen LogP contribution in [-0.2, 0) is 6.61 Å². The third-order valence-corrected chi connectivity index (χ3v) is 4.44. The number of rotatable bonds is 7. The third-order valence-electron chi connectivity index (χ3n) is 4.44. The molecule has 0 spiro atoms. The number of anilines is 2. The summed E-state index contributed by atoms with van der Waals surface area (Å²) in [7, 11) is 0.